The number of carbonyl (C=O) groups excluding carboxylic acids is 2. The van der Waals surface area contributed by atoms with Crippen molar-refractivity contribution in [2.75, 3.05) is 26.7 Å². The van der Waals surface area contributed by atoms with E-state index in [1.54, 1.807) is 13.8 Å². The van der Waals surface area contributed by atoms with Gasteiger partial charge in [0.15, 0.2) is 0 Å². The van der Waals surface area contributed by atoms with Crippen molar-refractivity contribution in [1.82, 2.24) is 10.2 Å². The highest BCUT2D eigenvalue weighted by Gasteiger charge is 2.22. The van der Waals surface area contributed by atoms with E-state index in [2.05, 4.69) is 5.32 Å². The number of hydrogen-bond acceptors (Lipinski definition) is 4. The van der Waals surface area contributed by atoms with Crippen molar-refractivity contribution in [2.24, 2.45) is 5.73 Å². The molecule has 3 amide bonds. The lowest BCUT2D eigenvalue weighted by Crippen LogP contribution is -2.50. The van der Waals surface area contributed by atoms with E-state index in [4.69, 9.17) is 15.6 Å². The summed E-state index contributed by atoms with van der Waals surface area (Å²) < 4.78 is 5.09. The second-order valence-electron chi connectivity index (χ2n) is 4.34. The number of carboxylic acid groups (broad SMARTS) is 1. The molecule has 0 fully saturated rings. The first-order valence-electron chi connectivity index (χ1n) is 5.26. The highest BCUT2D eigenvalue weighted by Crippen LogP contribution is 2.05. The largest absolute Gasteiger partial charge is 0.480 e. The van der Waals surface area contributed by atoms with E-state index in [0.29, 0.717) is 0 Å². The first-order valence-corrected chi connectivity index (χ1v) is 5.26. The fraction of sp³-hybridized carbons (Fsp3) is 0.700. The van der Waals surface area contributed by atoms with Crippen LogP contribution in [0.4, 0.5) is 4.79 Å². The van der Waals surface area contributed by atoms with Gasteiger partial charge in [-0.05, 0) is 13.8 Å². The molecule has 0 unspecified atom stereocenters. The summed E-state index contributed by atoms with van der Waals surface area (Å²) in [5, 5.41) is 11.1. The number of carbonyl (C=O) groups is 3. The first kappa shape index (κ1) is 16.2. The molecule has 0 aromatic heterocycles. The molecule has 4 N–H and O–H groups in total. The molecule has 0 aromatic carbocycles. The molecule has 0 aromatic rings. The number of carboxylic acids is 1. The molecule has 0 heterocycles. The summed E-state index contributed by atoms with van der Waals surface area (Å²) in [5.74, 6) is -2.00. The average Bonchev–Trinajstić information content (AvgIpc) is 2.24. The number of nitrogens with one attached hydrogen (secondary N) is 1. The van der Waals surface area contributed by atoms with Gasteiger partial charge in [-0.2, -0.15) is 0 Å². The van der Waals surface area contributed by atoms with Crippen LogP contribution in [0.25, 0.3) is 0 Å². The zero-order chi connectivity index (χ0) is 14.3. The SMILES string of the molecule is COC(C)(C)CNC(=O)N(CC(N)=O)CC(=O)O. The lowest BCUT2D eigenvalue weighted by molar-refractivity contribution is -0.137. The third-order valence-corrected chi connectivity index (χ3v) is 2.18. The Kier molecular flexibility index (Phi) is 6.11. The molecular formula is C10H19N3O5. The van der Waals surface area contributed by atoms with Gasteiger partial charge in [-0.15, -0.1) is 0 Å². The number of nitrogens with two attached hydrogens (primary N) is 1. The maximum absolute atomic E-state index is 11.7. The summed E-state index contributed by atoms with van der Waals surface area (Å²) in [6, 6.07) is -0.679. The van der Waals surface area contributed by atoms with Crippen LogP contribution in [0.3, 0.4) is 0 Å². The van der Waals surface area contributed by atoms with Crippen molar-refractivity contribution in [2.45, 2.75) is 19.4 Å². The third kappa shape index (κ3) is 6.69. The summed E-state index contributed by atoms with van der Waals surface area (Å²) in [7, 11) is 1.49. The molecule has 0 radical (unpaired) electrons. The monoisotopic (exact) mass is 261 g/mol. The number of hydrogen-bond donors (Lipinski definition) is 3. The normalized spacial score (nSPS) is 10.8. The van der Waals surface area contributed by atoms with Gasteiger partial charge in [0.05, 0.1) is 5.60 Å². The Morgan fingerprint density at radius 2 is 1.89 bits per heavy atom. The Labute approximate surface area is 105 Å². The predicted molar refractivity (Wildman–Crippen MR) is 62.9 cm³/mol. The van der Waals surface area contributed by atoms with E-state index in [-0.39, 0.29) is 6.54 Å². The molecule has 0 spiro atoms. The molecule has 0 saturated heterocycles. The van der Waals surface area contributed by atoms with Gasteiger partial charge in [-0.1, -0.05) is 0 Å². The minimum atomic E-state index is -1.22. The standard InChI is InChI=1S/C10H19N3O5/c1-10(2,18-3)6-12-9(17)13(4-7(11)14)5-8(15)16/h4-6H2,1-3H3,(H2,11,14)(H,12,17)(H,15,16). The number of rotatable bonds is 7. The Morgan fingerprint density at radius 3 is 2.28 bits per heavy atom. The molecule has 0 rings (SSSR count). The van der Waals surface area contributed by atoms with Crippen molar-refractivity contribution >= 4 is 17.9 Å². The quantitative estimate of drug-likeness (QED) is 0.542. The fourth-order valence-electron chi connectivity index (χ4n) is 1.02. The van der Waals surface area contributed by atoms with Crippen molar-refractivity contribution in [1.29, 1.82) is 0 Å². The van der Waals surface area contributed by atoms with Gasteiger partial charge < -0.3 is 25.8 Å². The third-order valence-electron chi connectivity index (χ3n) is 2.18. The van der Waals surface area contributed by atoms with E-state index >= 15 is 0 Å². The molecule has 0 saturated carbocycles. The van der Waals surface area contributed by atoms with Crippen molar-refractivity contribution in [3.05, 3.63) is 0 Å². The van der Waals surface area contributed by atoms with Gasteiger partial charge in [0.25, 0.3) is 0 Å². The second kappa shape index (κ2) is 6.80. The minimum Gasteiger partial charge on any atom is -0.480 e. The van der Waals surface area contributed by atoms with Crippen molar-refractivity contribution in [3.63, 3.8) is 0 Å². The van der Waals surface area contributed by atoms with E-state index < -0.39 is 36.6 Å². The van der Waals surface area contributed by atoms with Crippen molar-refractivity contribution < 1.29 is 24.2 Å². The van der Waals surface area contributed by atoms with Gasteiger partial charge in [-0.3, -0.25) is 9.59 Å². The lowest BCUT2D eigenvalue weighted by Gasteiger charge is -2.26. The average molecular weight is 261 g/mol. The van der Waals surface area contributed by atoms with E-state index in [9.17, 15) is 14.4 Å². The second-order valence-corrected chi connectivity index (χ2v) is 4.34. The number of nitrogens with zero attached hydrogens (tertiary/aromatic N) is 1. The zero-order valence-corrected chi connectivity index (χ0v) is 10.7. The zero-order valence-electron chi connectivity index (χ0n) is 10.7. The molecule has 0 bridgehead atoms. The van der Waals surface area contributed by atoms with E-state index in [1.807, 2.05) is 0 Å². The number of methoxy groups -OCH3 is 1. The van der Waals surface area contributed by atoms with Crippen LogP contribution in [0.1, 0.15) is 13.8 Å². The minimum absolute atomic E-state index is 0.178. The Morgan fingerprint density at radius 1 is 1.33 bits per heavy atom. The van der Waals surface area contributed by atoms with Crippen LogP contribution < -0.4 is 11.1 Å². The van der Waals surface area contributed by atoms with Crippen LogP contribution in [0.5, 0.6) is 0 Å². The van der Waals surface area contributed by atoms with Gasteiger partial charge >= 0.3 is 12.0 Å². The van der Waals surface area contributed by atoms with Gasteiger partial charge in [0, 0.05) is 13.7 Å². The van der Waals surface area contributed by atoms with Gasteiger partial charge in [0.1, 0.15) is 13.1 Å². The van der Waals surface area contributed by atoms with E-state index in [1.165, 1.54) is 7.11 Å². The highest BCUT2D eigenvalue weighted by atomic mass is 16.5. The Balaban J connectivity index is 4.46. The first-order chi connectivity index (χ1) is 8.18. The van der Waals surface area contributed by atoms with Crippen LogP contribution in [0, 0.1) is 0 Å². The summed E-state index contributed by atoms with van der Waals surface area (Å²) in [6.45, 7) is 2.64. The molecule has 0 aliphatic carbocycles. The number of urea groups is 1. The number of ether oxygens (including phenoxy) is 1. The molecule has 0 aliphatic heterocycles. The van der Waals surface area contributed by atoms with Crippen LogP contribution in [0.15, 0.2) is 0 Å². The predicted octanol–water partition coefficient (Wildman–Crippen LogP) is -1.01. The van der Waals surface area contributed by atoms with Gasteiger partial charge in [-0.25, -0.2) is 4.79 Å². The lowest BCUT2D eigenvalue weighted by atomic mass is 10.1. The summed E-state index contributed by atoms with van der Waals surface area (Å²) in [6.07, 6.45) is 0. The topological polar surface area (TPSA) is 122 Å². The van der Waals surface area contributed by atoms with Crippen molar-refractivity contribution in [3.8, 4) is 0 Å². The Hall–Kier alpha value is -1.83. The smallest absolute Gasteiger partial charge is 0.323 e. The van der Waals surface area contributed by atoms with E-state index in [0.717, 1.165) is 4.90 Å². The molecular weight excluding hydrogens is 242 g/mol. The maximum atomic E-state index is 11.7. The number of primary amides is 1. The summed E-state index contributed by atoms with van der Waals surface area (Å²) >= 11 is 0. The van der Waals surface area contributed by atoms with Crippen LogP contribution in [-0.2, 0) is 14.3 Å². The Bertz CT molecular complexity index is 313. The number of amides is 3. The molecule has 8 nitrogen and oxygen atoms in total. The molecule has 18 heavy (non-hydrogen) atoms. The van der Waals surface area contributed by atoms with Crippen LogP contribution in [-0.4, -0.2) is 60.3 Å². The molecule has 104 valence electrons. The maximum Gasteiger partial charge on any atom is 0.323 e. The number of aliphatic carboxylic acids is 1. The molecule has 0 atom stereocenters. The van der Waals surface area contributed by atoms with Gasteiger partial charge in [0.2, 0.25) is 5.91 Å². The van der Waals surface area contributed by atoms with Crippen LogP contribution >= 0.6 is 0 Å². The fourth-order valence-corrected chi connectivity index (χ4v) is 1.02. The highest BCUT2D eigenvalue weighted by molar-refractivity contribution is 5.85. The van der Waals surface area contributed by atoms with Crippen LogP contribution in [0.2, 0.25) is 0 Å². The molecule has 0 aliphatic rings. The molecule has 8 heteroatoms. The summed E-state index contributed by atoms with van der Waals surface area (Å²) in [5.41, 5.74) is 4.35. The summed E-state index contributed by atoms with van der Waals surface area (Å²) in [4.78, 5) is 33.8.